The lowest BCUT2D eigenvalue weighted by Gasteiger charge is -2.12. The molecular formula is C13H21N5O3S. The first kappa shape index (κ1) is 15.3. The molecule has 0 aliphatic carbocycles. The van der Waals surface area contributed by atoms with Crippen molar-refractivity contribution < 1.29 is 13.2 Å². The first-order valence-electron chi connectivity index (χ1n) is 7.69. The number of hydrogen-bond donors (Lipinski definition) is 2. The van der Waals surface area contributed by atoms with Gasteiger partial charge in [0.25, 0.3) is 0 Å². The van der Waals surface area contributed by atoms with Crippen LogP contribution in [0, 0.1) is 0 Å². The molecule has 2 N–H and O–H groups in total. The van der Waals surface area contributed by atoms with Crippen molar-refractivity contribution in [3.05, 3.63) is 11.6 Å². The molecule has 8 nitrogen and oxygen atoms in total. The van der Waals surface area contributed by atoms with Crippen LogP contribution in [-0.2, 0) is 29.3 Å². The summed E-state index contributed by atoms with van der Waals surface area (Å²) in [6.07, 6.45) is 4.83. The number of aryl methyl sites for hydroxylation is 1. The Kier molecular flexibility index (Phi) is 4.32. The molecule has 3 heterocycles. The fourth-order valence-electron chi connectivity index (χ4n) is 2.98. The van der Waals surface area contributed by atoms with Crippen LogP contribution >= 0.6 is 0 Å². The SMILES string of the molecule is O=C(NCc1nnc2n1CCCCC2)N[C@@H]1CCS(=O)(=O)C1. The fourth-order valence-corrected chi connectivity index (χ4v) is 4.65. The van der Waals surface area contributed by atoms with E-state index in [1.54, 1.807) is 0 Å². The maximum Gasteiger partial charge on any atom is 0.315 e. The summed E-state index contributed by atoms with van der Waals surface area (Å²) >= 11 is 0. The van der Waals surface area contributed by atoms with Gasteiger partial charge in [-0.15, -0.1) is 10.2 Å². The van der Waals surface area contributed by atoms with E-state index in [9.17, 15) is 13.2 Å². The Labute approximate surface area is 129 Å². The molecule has 9 heteroatoms. The number of nitrogens with zero attached hydrogens (tertiary/aromatic N) is 3. The zero-order chi connectivity index (χ0) is 15.6. The fraction of sp³-hybridized carbons (Fsp3) is 0.769. The summed E-state index contributed by atoms with van der Waals surface area (Å²) < 4.78 is 24.8. The smallest absolute Gasteiger partial charge is 0.315 e. The lowest BCUT2D eigenvalue weighted by molar-refractivity contribution is 0.237. The van der Waals surface area contributed by atoms with Crippen LogP contribution < -0.4 is 10.6 Å². The predicted octanol–water partition coefficient (Wildman–Crippen LogP) is -0.00920. The van der Waals surface area contributed by atoms with E-state index in [0.29, 0.717) is 13.0 Å². The molecule has 0 radical (unpaired) electrons. The molecule has 0 unspecified atom stereocenters. The van der Waals surface area contributed by atoms with E-state index in [0.717, 1.165) is 37.5 Å². The van der Waals surface area contributed by atoms with E-state index in [-0.39, 0.29) is 23.6 Å². The second-order valence-corrected chi connectivity index (χ2v) is 8.15. The number of carbonyl (C=O) groups excluding carboxylic acids is 1. The minimum Gasteiger partial charge on any atom is -0.334 e. The maximum absolute atomic E-state index is 11.9. The summed E-state index contributed by atoms with van der Waals surface area (Å²) in [7, 11) is -2.98. The van der Waals surface area contributed by atoms with Crippen LogP contribution in [0.2, 0.25) is 0 Å². The zero-order valence-corrected chi connectivity index (χ0v) is 13.2. The normalized spacial score (nSPS) is 23.5. The monoisotopic (exact) mass is 327 g/mol. The second-order valence-electron chi connectivity index (χ2n) is 5.92. The molecule has 1 saturated heterocycles. The topological polar surface area (TPSA) is 106 Å². The molecule has 3 rings (SSSR count). The van der Waals surface area contributed by atoms with E-state index >= 15 is 0 Å². The van der Waals surface area contributed by atoms with Gasteiger partial charge >= 0.3 is 6.03 Å². The summed E-state index contributed by atoms with van der Waals surface area (Å²) in [5.41, 5.74) is 0. The molecule has 0 bridgehead atoms. The standard InChI is InChI=1S/C13H21N5O3S/c19-13(15-10-5-7-22(20,21)9-10)14-8-12-17-16-11-4-2-1-3-6-18(11)12/h10H,1-9H2,(H2,14,15,19)/t10-/m1/s1. The van der Waals surface area contributed by atoms with Crippen molar-refractivity contribution >= 4 is 15.9 Å². The largest absolute Gasteiger partial charge is 0.334 e. The Morgan fingerprint density at radius 3 is 2.91 bits per heavy atom. The lowest BCUT2D eigenvalue weighted by atomic mass is 10.2. The first-order chi connectivity index (χ1) is 10.5. The Morgan fingerprint density at radius 1 is 1.27 bits per heavy atom. The molecule has 22 heavy (non-hydrogen) atoms. The van der Waals surface area contributed by atoms with E-state index in [4.69, 9.17) is 0 Å². The van der Waals surface area contributed by atoms with Gasteiger partial charge in [-0.1, -0.05) is 6.42 Å². The van der Waals surface area contributed by atoms with Crippen molar-refractivity contribution in [1.82, 2.24) is 25.4 Å². The molecule has 0 saturated carbocycles. The number of aromatic nitrogens is 3. The van der Waals surface area contributed by atoms with Crippen LogP contribution in [0.25, 0.3) is 0 Å². The molecule has 1 aromatic heterocycles. The van der Waals surface area contributed by atoms with Gasteiger partial charge in [0.1, 0.15) is 5.82 Å². The number of amides is 2. The van der Waals surface area contributed by atoms with Crippen molar-refractivity contribution in [2.24, 2.45) is 0 Å². The summed E-state index contributed by atoms with van der Waals surface area (Å²) in [6, 6.07) is -0.645. The third-order valence-corrected chi connectivity index (χ3v) is 5.93. The first-order valence-corrected chi connectivity index (χ1v) is 9.51. The van der Waals surface area contributed by atoms with Crippen LogP contribution in [0.4, 0.5) is 4.79 Å². The van der Waals surface area contributed by atoms with Crippen molar-refractivity contribution in [2.45, 2.75) is 51.2 Å². The second kappa shape index (κ2) is 6.23. The van der Waals surface area contributed by atoms with E-state index in [1.807, 2.05) is 0 Å². The van der Waals surface area contributed by atoms with Crippen molar-refractivity contribution in [1.29, 1.82) is 0 Å². The number of rotatable bonds is 3. The number of nitrogens with one attached hydrogen (secondary N) is 2. The average molecular weight is 327 g/mol. The number of hydrogen-bond acceptors (Lipinski definition) is 5. The molecule has 1 fully saturated rings. The van der Waals surface area contributed by atoms with Crippen LogP contribution in [-0.4, -0.2) is 46.8 Å². The Balaban J connectivity index is 1.52. The van der Waals surface area contributed by atoms with Crippen LogP contribution in [0.15, 0.2) is 0 Å². The van der Waals surface area contributed by atoms with E-state index < -0.39 is 9.84 Å². The molecule has 1 aromatic rings. The number of urea groups is 1. The molecule has 1 atom stereocenters. The van der Waals surface area contributed by atoms with Gasteiger partial charge < -0.3 is 15.2 Å². The quantitative estimate of drug-likeness (QED) is 0.812. The highest BCUT2D eigenvalue weighted by atomic mass is 32.2. The van der Waals surface area contributed by atoms with Crippen LogP contribution in [0.5, 0.6) is 0 Å². The highest BCUT2D eigenvalue weighted by Crippen LogP contribution is 2.14. The predicted molar refractivity (Wildman–Crippen MR) is 80.0 cm³/mol. The third kappa shape index (κ3) is 3.57. The van der Waals surface area contributed by atoms with Crippen molar-refractivity contribution in [3.63, 3.8) is 0 Å². The zero-order valence-electron chi connectivity index (χ0n) is 12.4. The maximum atomic E-state index is 11.9. The summed E-state index contributed by atoms with van der Waals surface area (Å²) in [6.45, 7) is 1.19. The van der Waals surface area contributed by atoms with Crippen LogP contribution in [0.3, 0.4) is 0 Å². The van der Waals surface area contributed by atoms with Gasteiger partial charge in [-0.25, -0.2) is 13.2 Å². The van der Waals surface area contributed by atoms with Gasteiger partial charge in [0.15, 0.2) is 15.7 Å². The Morgan fingerprint density at radius 2 is 2.14 bits per heavy atom. The van der Waals surface area contributed by atoms with E-state index in [2.05, 4.69) is 25.4 Å². The van der Waals surface area contributed by atoms with Gasteiger partial charge in [-0.3, -0.25) is 0 Å². The van der Waals surface area contributed by atoms with Crippen LogP contribution in [0.1, 0.15) is 37.3 Å². The van der Waals surface area contributed by atoms with Gasteiger partial charge in [0.2, 0.25) is 0 Å². The average Bonchev–Trinajstić information content (AvgIpc) is 2.91. The molecule has 0 aromatic carbocycles. The number of fused-ring (bicyclic) bond motifs is 1. The van der Waals surface area contributed by atoms with E-state index in [1.165, 1.54) is 6.42 Å². The van der Waals surface area contributed by atoms with Gasteiger partial charge in [-0.2, -0.15) is 0 Å². The Hall–Kier alpha value is -1.64. The molecular weight excluding hydrogens is 306 g/mol. The minimum absolute atomic E-state index is 0.0285. The summed E-state index contributed by atoms with van der Waals surface area (Å²) in [4.78, 5) is 11.9. The van der Waals surface area contributed by atoms with Gasteiger partial charge in [-0.05, 0) is 19.3 Å². The summed E-state index contributed by atoms with van der Waals surface area (Å²) in [5.74, 6) is 1.92. The Bertz CT molecular complexity index is 655. The molecule has 2 amide bonds. The van der Waals surface area contributed by atoms with Gasteiger partial charge in [0, 0.05) is 19.0 Å². The molecule has 0 spiro atoms. The highest BCUT2D eigenvalue weighted by molar-refractivity contribution is 7.91. The number of carbonyl (C=O) groups is 1. The summed E-state index contributed by atoms with van der Waals surface area (Å²) in [5, 5.41) is 13.8. The van der Waals surface area contributed by atoms with Gasteiger partial charge in [0.05, 0.1) is 18.1 Å². The number of sulfone groups is 1. The molecule has 2 aliphatic rings. The third-order valence-electron chi connectivity index (χ3n) is 4.16. The van der Waals surface area contributed by atoms with Crippen molar-refractivity contribution in [2.75, 3.05) is 11.5 Å². The molecule has 122 valence electrons. The minimum atomic E-state index is -2.98. The lowest BCUT2D eigenvalue weighted by Crippen LogP contribution is -2.42. The van der Waals surface area contributed by atoms with Crippen molar-refractivity contribution in [3.8, 4) is 0 Å². The molecule has 2 aliphatic heterocycles. The highest BCUT2D eigenvalue weighted by Gasteiger charge is 2.28.